The minimum Gasteiger partial charge on any atom is -0.497 e. The van der Waals surface area contributed by atoms with Crippen molar-refractivity contribution >= 4 is 39.2 Å². The highest BCUT2D eigenvalue weighted by molar-refractivity contribution is 9.10. The van der Waals surface area contributed by atoms with Gasteiger partial charge in [-0.05, 0) is 69.2 Å². The number of methoxy groups -OCH3 is 1. The average molecular weight is 503 g/mol. The lowest BCUT2D eigenvalue weighted by Gasteiger charge is -2.42. The summed E-state index contributed by atoms with van der Waals surface area (Å²) in [7, 11) is 1.51. The Hall–Kier alpha value is -2.62. The summed E-state index contributed by atoms with van der Waals surface area (Å²) in [5.41, 5.74) is -1.23. The molecule has 32 heavy (non-hydrogen) atoms. The smallest absolute Gasteiger partial charge is 0.329 e. The molecule has 0 unspecified atom stereocenters. The van der Waals surface area contributed by atoms with Gasteiger partial charge in [-0.1, -0.05) is 22.0 Å². The molecule has 1 fully saturated rings. The quantitative estimate of drug-likeness (QED) is 0.505. The zero-order valence-corrected chi connectivity index (χ0v) is 19.5. The Kier molecular flexibility index (Phi) is 6.68. The first kappa shape index (κ1) is 22.6. The Morgan fingerprint density at radius 1 is 1.25 bits per heavy atom. The maximum atomic E-state index is 13.4. The van der Waals surface area contributed by atoms with Crippen LogP contribution < -0.4 is 20.3 Å². The molecule has 1 atom stereocenters. The van der Waals surface area contributed by atoms with E-state index in [4.69, 9.17) is 4.74 Å². The van der Waals surface area contributed by atoms with Crippen LogP contribution in [0.3, 0.4) is 0 Å². The number of hydrogen-bond donors (Lipinski definition) is 3. The van der Waals surface area contributed by atoms with Gasteiger partial charge in [0.15, 0.2) is 0 Å². The topological polar surface area (TPSA) is 94.1 Å². The maximum Gasteiger partial charge on any atom is 0.329 e. The number of urea groups is 1. The number of hydrogen-bond acceptors (Lipinski definition) is 5. The number of carbonyl (C=O) groups excluding carboxylic acids is 2. The predicted molar refractivity (Wildman–Crippen MR) is 126 cm³/mol. The Morgan fingerprint density at radius 3 is 2.78 bits per heavy atom. The average Bonchev–Trinajstić information content (AvgIpc) is 3.31. The van der Waals surface area contributed by atoms with E-state index in [1.807, 2.05) is 0 Å². The summed E-state index contributed by atoms with van der Waals surface area (Å²) in [6.45, 7) is 3.46. The molecule has 2 aromatic carbocycles. The van der Waals surface area contributed by atoms with E-state index in [2.05, 4.69) is 31.5 Å². The summed E-state index contributed by atoms with van der Waals surface area (Å²) < 4.78 is 5.95. The standard InChI is InChI=1S/C23H27BrN4O4/c1-32-18-7-4-6-17(15-18)28-22(30)26-20-9-8-16(24)14-19(20)23(28,31)21(29)25-10-5-13-27-11-2-3-12-27/h4,6-9,14-15,31H,2-3,5,10-13H2,1H3,(H,25,29)(H,26,30)/t23-/m1/s1. The number of likely N-dealkylation sites (tertiary alicyclic amines) is 1. The Balaban J connectivity index is 1.65. The van der Waals surface area contributed by atoms with Crippen molar-refractivity contribution in [2.24, 2.45) is 0 Å². The number of benzene rings is 2. The fourth-order valence-corrected chi connectivity index (χ4v) is 4.63. The molecule has 0 aliphatic carbocycles. The van der Waals surface area contributed by atoms with Crippen LogP contribution in [0, 0.1) is 0 Å². The molecule has 3 amide bonds. The fourth-order valence-electron chi connectivity index (χ4n) is 4.26. The molecule has 2 heterocycles. The Bertz CT molecular complexity index is 1010. The van der Waals surface area contributed by atoms with E-state index < -0.39 is 17.7 Å². The molecule has 0 saturated carbocycles. The van der Waals surface area contributed by atoms with E-state index >= 15 is 0 Å². The molecule has 4 rings (SSSR count). The number of fused-ring (bicyclic) bond motifs is 1. The minimum atomic E-state index is -2.23. The van der Waals surface area contributed by atoms with Crippen LogP contribution in [0.4, 0.5) is 16.2 Å². The van der Waals surface area contributed by atoms with Crippen LogP contribution >= 0.6 is 15.9 Å². The molecule has 3 N–H and O–H groups in total. The van der Waals surface area contributed by atoms with Crippen molar-refractivity contribution in [3.8, 4) is 5.75 Å². The third-order valence-electron chi connectivity index (χ3n) is 5.89. The second-order valence-electron chi connectivity index (χ2n) is 7.99. The molecule has 2 aliphatic rings. The second-order valence-corrected chi connectivity index (χ2v) is 8.90. The van der Waals surface area contributed by atoms with Crippen LogP contribution in [-0.4, -0.2) is 55.2 Å². The number of carbonyl (C=O) groups is 2. The summed E-state index contributed by atoms with van der Waals surface area (Å²) in [4.78, 5) is 29.9. The van der Waals surface area contributed by atoms with E-state index in [-0.39, 0.29) is 5.56 Å². The normalized spacial score (nSPS) is 20.6. The molecule has 0 radical (unpaired) electrons. The third-order valence-corrected chi connectivity index (χ3v) is 6.38. The van der Waals surface area contributed by atoms with Gasteiger partial charge in [0.2, 0.25) is 0 Å². The second kappa shape index (κ2) is 9.48. The largest absolute Gasteiger partial charge is 0.497 e. The molecule has 0 bridgehead atoms. The van der Waals surface area contributed by atoms with Gasteiger partial charge in [0, 0.05) is 22.6 Å². The van der Waals surface area contributed by atoms with Gasteiger partial charge < -0.3 is 25.4 Å². The van der Waals surface area contributed by atoms with Crippen LogP contribution in [0.1, 0.15) is 24.8 Å². The Labute approximate surface area is 195 Å². The van der Waals surface area contributed by atoms with Crippen molar-refractivity contribution < 1.29 is 19.4 Å². The number of amides is 3. The molecule has 1 saturated heterocycles. The zero-order valence-electron chi connectivity index (χ0n) is 17.9. The maximum absolute atomic E-state index is 13.4. The number of rotatable bonds is 7. The van der Waals surface area contributed by atoms with Crippen LogP contribution in [0.5, 0.6) is 5.75 Å². The number of halogens is 1. The molecule has 2 aliphatic heterocycles. The lowest BCUT2D eigenvalue weighted by Crippen LogP contribution is -2.62. The fraction of sp³-hybridized carbons (Fsp3) is 0.391. The van der Waals surface area contributed by atoms with Gasteiger partial charge in [-0.2, -0.15) is 0 Å². The molecule has 2 aromatic rings. The van der Waals surface area contributed by atoms with E-state index in [0.29, 0.717) is 28.1 Å². The van der Waals surface area contributed by atoms with Crippen LogP contribution in [0.2, 0.25) is 0 Å². The molecule has 9 heteroatoms. The zero-order chi connectivity index (χ0) is 22.7. The third kappa shape index (κ3) is 4.32. The van der Waals surface area contributed by atoms with Crippen molar-refractivity contribution in [1.29, 1.82) is 0 Å². The number of anilines is 2. The highest BCUT2D eigenvalue weighted by Gasteiger charge is 2.52. The van der Waals surface area contributed by atoms with Gasteiger partial charge in [0.1, 0.15) is 5.75 Å². The summed E-state index contributed by atoms with van der Waals surface area (Å²) in [6.07, 6.45) is 3.18. The summed E-state index contributed by atoms with van der Waals surface area (Å²) in [6, 6.07) is 11.1. The van der Waals surface area contributed by atoms with Crippen molar-refractivity contribution in [1.82, 2.24) is 10.2 Å². The Morgan fingerprint density at radius 2 is 2.03 bits per heavy atom. The van der Waals surface area contributed by atoms with Crippen molar-refractivity contribution in [2.75, 3.05) is 43.5 Å². The molecule has 0 aromatic heterocycles. The van der Waals surface area contributed by atoms with Gasteiger partial charge in [-0.25, -0.2) is 4.79 Å². The SMILES string of the molecule is COc1cccc(N2C(=O)Nc3ccc(Br)cc3[C@@]2(O)C(=O)NCCCN2CCCC2)c1. The number of nitrogens with zero attached hydrogens (tertiary/aromatic N) is 2. The molecular weight excluding hydrogens is 476 g/mol. The molecule has 8 nitrogen and oxygen atoms in total. The summed E-state index contributed by atoms with van der Waals surface area (Å²) >= 11 is 3.41. The van der Waals surface area contributed by atoms with E-state index in [9.17, 15) is 14.7 Å². The summed E-state index contributed by atoms with van der Waals surface area (Å²) in [5.74, 6) is -0.153. The van der Waals surface area contributed by atoms with Gasteiger partial charge in [0.05, 0.1) is 18.5 Å². The van der Waals surface area contributed by atoms with Gasteiger partial charge >= 0.3 is 6.03 Å². The lowest BCUT2D eigenvalue weighted by atomic mass is 9.94. The number of ether oxygens (including phenoxy) is 1. The van der Waals surface area contributed by atoms with Gasteiger partial charge in [-0.3, -0.25) is 9.69 Å². The summed E-state index contributed by atoms with van der Waals surface area (Å²) in [5, 5.41) is 17.5. The first-order chi connectivity index (χ1) is 15.4. The number of nitrogens with one attached hydrogen (secondary N) is 2. The lowest BCUT2D eigenvalue weighted by molar-refractivity contribution is -0.140. The predicted octanol–water partition coefficient (Wildman–Crippen LogP) is 3.26. The van der Waals surface area contributed by atoms with Crippen LogP contribution in [-0.2, 0) is 10.5 Å². The van der Waals surface area contributed by atoms with Gasteiger partial charge in [0.25, 0.3) is 11.6 Å². The number of aliphatic hydroxyl groups is 1. The molecular formula is C23H27BrN4O4. The van der Waals surface area contributed by atoms with E-state index in [1.54, 1.807) is 42.5 Å². The monoisotopic (exact) mass is 502 g/mol. The van der Waals surface area contributed by atoms with Gasteiger partial charge in [-0.15, -0.1) is 0 Å². The molecule has 0 spiro atoms. The van der Waals surface area contributed by atoms with E-state index in [1.165, 1.54) is 20.0 Å². The van der Waals surface area contributed by atoms with Crippen molar-refractivity contribution in [3.05, 3.63) is 52.5 Å². The highest BCUT2D eigenvalue weighted by Crippen LogP contribution is 2.41. The first-order valence-electron chi connectivity index (χ1n) is 10.7. The van der Waals surface area contributed by atoms with Crippen molar-refractivity contribution in [3.63, 3.8) is 0 Å². The van der Waals surface area contributed by atoms with Crippen molar-refractivity contribution in [2.45, 2.75) is 25.0 Å². The van der Waals surface area contributed by atoms with Crippen LogP contribution in [0.25, 0.3) is 0 Å². The van der Waals surface area contributed by atoms with E-state index in [0.717, 1.165) is 31.0 Å². The minimum absolute atomic E-state index is 0.284. The highest BCUT2D eigenvalue weighted by atomic mass is 79.9. The molecule has 170 valence electrons. The van der Waals surface area contributed by atoms with Crippen LogP contribution in [0.15, 0.2) is 46.9 Å². The first-order valence-corrected chi connectivity index (χ1v) is 11.5.